The van der Waals surface area contributed by atoms with E-state index in [4.69, 9.17) is 18.0 Å². The van der Waals surface area contributed by atoms with E-state index in [0.29, 0.717) is 19.8 Å². The van der Waals surface area contributed by atoms with Crippen molar-refractivity contribution in [1.29, 1.82) is 0 Å². The van der Waals surface area contributed by atoms with Crippen molar-refractivity contribution in [2.45, 2.75) is 40.3 Å². The summed E-state index contributed by atoms with van der Waals surface area (Å²) >= 11 is 0. The fraction of sp³-hybridized carbons (Fsp3) is 0.900. The summed E-state index contributed by atoms with van der Waals surface area (Å²) in [6.45, 7) is 10.1. The van der Waals surface area contributed by atoms with Gasteiger partial charge in [-0.1, -0.05) is 0 Å². The van der Waals surface area contributed by atoms with E-state index in [1.54, 1.807) is 6.92 Å². The van der Waals surface area contributed by atoms with E-state index < -0.39 is 14.5 Å². The van der Waals surface area contributed by atoms with Crippen LogP contribution in [-0.2, 0) is 22.8 Å². The van der Waals surface area contributed by atoms with E-state index in [-0.39, 0.29) is 5.97 Å². The minimum atomic E-state index is -2.90. The van der Waals surface area contributed by atoms with E-state index in [1.165, 1.54) is 6.92 Å². The van der Waals surface area contributed by atoms with Crippen molar-refractivity contribution in [2.75, 3.05) is 19.8 Å². The number of carbonyl (C=O) groups is 1. The second kappa shape index (κ2) is 7.78. The normalized spacial score (nSPS) is 13.6. The van der Waals surface area contributed by atoms with Crippen molar-refractivity contribution in [2.24, 2.45) is 0 Å². The lowest BCUT2D eigenvalue weighted by Gasteiger charge is -2.32. The highest BCUT2D eigenvalue weighted by Crippen LogP contribution is 2.17. The third-order valence-electron chi connectivity index (χ3n) is 1.88. The van der Waals surface area contributed by atoms with Crippen LogP contribution >= 0.6 is 0 Å². The third kappa shape index (κ3) is 4.61. The molecule has 0 aliphatic carbocycles. The summed E-state index contributed by atoms with van der Waals surface area (Å²) in [5, 5.41) is 0. The van der Waals surface area contributed by atoms with Crippen LogP contribution in [0.5, 0.6) is 0 Å². The summed E-state index contributed by atoms with van der Waals surface area (Å²) in [5.74, 6) is -0.358. The van der Waals surface area contributed by atoms with Gasteiger partial charge in [-0.15, -0.1) is 0 Å². The molecule has 0 fully saturated rings. The zero-order valence-electron chi connectivity index (χ0n) is 10.7. The lowest BCUT2D eigenvalue weighted by Crippen LogP contribution is -2.56. The van der Waals surface area contributed by atoms with Gasteiger partial charge in [-0.25, -0.2) is 0 Å². The molecular weight excluding hydrogens is 228 g/mol. The quantitative estimate of drug-likeness (QED) is 0.483. The number of carbonyl (C=O) groups excluding carboxylic acids is 1. The highest BCUT2D eigenvalue weighted by molar-refractivity contribution is 6.62. The fourth-order valence-electron chi connectivity index (χ4n) is 1.40. The molecule has 0 spiro atoms. The molecule has 0 aromatic carbocycles. The molecule has 0 aromatic heterocycles. The Bertz CT molecular complexity index is 192. The van der Waals surface area contributed by atoms with Gasteiger partial charge in [0, 0.05) is 26.7 Å². The largest absolute Gasteiger partial charge is 0.543 e. The van der Waals surface area contributed by atoms with Gasteiger partial charge in [0.25, 0.3) is 0 Å². The van der Waals surface area contributed by atoms with E-state index in [9.17, 15) is 4.79 Å². The first-order valence-corrected chi connectivity index (χ1v) is 7.41. The van der Waals surface area contributed by atoms with Gasteiger partial charge in [-0.2, -0.15) is 0 Å². The van der Waals surface area contributed by atoms with Crippen LogP contribution in [0.25, 0.3) is 0 Å². The van der Waals surface area contributed by atoms with Crippen molar-refractivity contribution < 1.29 is 22.8 Å². The predicted octanol–water partition coefficient (Wildman–Crippen LogP) is 1.53. The van der Waals surface area contributed by atoms with Gasteiger partial charge < -0.3 is 18.0 Å². The monoisotopic (exact) mass is 250 g/mol. The molecule has 0 saturated carbocycles. The Labute approximate surface area is 98.4 Å². The van der Waals surface area contributed by atoms with Crippen molar-refractivity contribution in [1.82, 2.24) is 0 Å². The summed E-state index contributed by atoms with van der Waals surface area (Å²) in [5.41, 5.74) is -0.482. The Morgan fingerprint density at radius 3 is 1.69 bits per heavy atom. The molecule has 0 radical (unpaired) electrons. The molecule has 0 bridgehead atoms. The third-order valence-corrected chi connectivity index (χ3v) is 5.06. The minimum absolute atomic E-state index is 0.358. The average Bonchev–Trinajstić information content (AvgIpc) is 2.17. The van der Waals surface area contributed by atoms with Crippen LogP contribution in [0.4, 0.5) is 0 Å². The molecule has 0 amide bonds. The number of ether oxygens (including phenoxy) is 1. The lowest BCUT2D eigenvalue weighted by molar-refractivity contribution is -0.145. The van der Waals surface area contributed by atoms with Crippen LogP contribution in [0, 0.1) is 0 Å². The van der Waals surface area contributed by atoms with E-state index >= 15 is 0 Å². The molecule has 0 rings (SSSR count). The summed E-state index contributed by atoms with van der Waals surface area (Å²) < 4.78 is 21.9. The van der Waals surface area contributed by atoms with Gasteiger partial charge in [-0.05, 0) is 27.7 Å². The van der Waals surface area contributed by atoms with Gasteiger partial charge >= 0.3 is 14.8 Å². The molecule has 0 saturated heterocycles. The Kier molecular flexibility index (Phi) is 7.57. The molecule has 6 heteroatoms. The molecule has 5 nitrogen and oxygen atoms in total. The Balaban J connectivity index is 4.74. The van der Waals surface area contributed by atoms with Crippen LogP contribution in [-0.4, -0.2) is 40.3 Å². The van der Waals surface area contributed by atoms with Crippen LogP contribution in [0.3, 0.4) is 0 Å². The highest BCUT2D eigenvalue weighted by atomic mass is 28.4. The van der Waals surface area contributed by atoms with Crippen LogP contribution in [0.2, 0.25) is 0 Å². The van der Waals surface area contributed by atoms with E-state index in [1.807, 2.05) is 20.8 Å². The standard InChI is InChI=1S/C10H22O5Si/c1-6-12-16(13-7-2,14-8-3)10(5)15-9(4)11/h10H,6-8H2,1-5H3. The molecule has 1 unspecified atom stereocenters. The molecule has 1 atom stereocenters. The van der Waals surface area contributed by atoms with E-state index in [0.717, 1.165) is 0 Å². The fourth-order valence-corrected chi connectivity index (χ4v) is 3.87. The van der Waals surface area contributed by atoms with Crippen LogP contribution < -0.4 is 0 Å². The number of hydrogen-bond acceptors (Lipinski definition) is 5. The molecule has 0 aromatic rings. The van der Waals surface area contributed by atoms with Crippen molar-refractivity contribution >= 4 is 14.8 Å². The molecule has 96 valence electrons. The highest BCUT2D eigenvalue weighted by Gasteiger charge is 2.49. The SMILES string of the molecule is CCO[Si](OCC)(OCC)C(C)OC(C)=O. The van der Waals surface area contributed by atoms with Crippen molar-refractivity contribution in [3.05, 3.63) is 0 Å². The first-order chi connectivity index (χ1) is 7.52. The van der Waals surface area contributed by atoms with Crippen molar-refractivity contribution in [3.63, 3.8) is 0 Å². The smallest absolute Gasteiger partial charge is 0.458 e. The predicted molar refractivity (Wildman–Crippen MR) is 61.9 cm³/mol. The minimum Gasteiger partial charge on any atom is -0.458 e. The van der Waals surface area contributed by atoms with Gasteiger partial charge in [0.05, 0.1) is 0 Å². The number of rotatable bonds is 8. The Hall–Kier alpha value is -0.433. The first kappa shape index (κ1) is 15.6. The van der Waals surface area contributed by atoms with Gasteiger partial charge in [0.15, 0.2) is 5.73 Å². The van der Waals surface area contributed by atoms with Crippen LogP contribution in [0.15, 0.2) is 0 Å². The van der Waals surface area contributed by atoms with Crippen LogP contribution in [0.1, 0.15) is 34.6 Å². The molecule has 16 heavy (non-hydrogen) atoms. The van der Waals surface area contributed by atoms with Gasteiger partial charge in [-0.3, -0.25) is 4.79 Å². The lowest BCUT2D eigenvalue weighted by atomic mass is 10.8. The topological polar surface area (TPSA) is 54.0 Å². The average molecular weight is 250 g/mol. The second-order valence-corrected chi connectivity index (χ2v) is 6.04. The molecule has 0 aliphatic heterocycles. The maximum absolute atomic E-state index is 10.9. The number of esters is 1. The number of hydrogen-bond donors (Lipinski definition) is 0. The summed E-state index contributed by atoms with van der Waals surface area (Å²) in [4.78, 5) is 10.9. The Morgan fingerprint density at radius 1 is 1.06 bits per heavy atom. The second-order valence-electron chi connectivity index (χ2n) is 3.15. The summed E-state index contributed by atoms with van der Waals surface area (Å²) in [6.07, 6.45) is 0. The Morgan fingerprint density at radius 2 is 1.44 bits per heavy atom. The van der Waals surface area contributed by atoms with Gasteiger partial charge in [0.1, 0.15) is 0 Å². The first-order valence-electron chi connectivity index (χ1n) is 5.61. The molecule has 0 aliphatic rings. The van der Waals surface area contributed by atoms with Crippen molar-refractivity contribution in [3.8, 4) is 0 Å². The summed E-state index contributed by atoms with van der Waals surface area (Å²) in [7, 11) is -2.90. The summed E-state index contributed by atoms with van der Waals surface area (Å²) in [6, 6.07) is 0. The zero-order valence-corrected chi connectivity index (χ0v) is 11.7. The molecule has 0 N–H and O–H groups in total. The maximum atomic E-state index is 10.9. The van der Waals surface area contributed by atoms with E-state index in [2.05, 4.69) is 0 Å². The molecule has 0 heterocycles. The van der Waals surface area contributed by atoms with Gasteiger partial charge in [0.2, 0.25) is 0 Å². The maximum Gasteiger partial charge on any atom is 0.543 e. The molecular formula is C10H22O5Si. The zero-order chi connectivity index (χ0) is 12.6.